The first-order valence-corrected chi connectivity index (χ1v) is 5.07. The van der Waals surface area contributed by atoms with E-state index in [9.17, 15) is 0 Å². The predicted molar refractivity (Wildman–Crippen MR) is 53.3 cm³/mol. The van der Waals surface area contributed by atoms with Gasteiger partial charge in [-0.3, -0.25) is 0 Å². The smallest absolute Gasteiger partial charge is 0.120 e. The number of rotatable bonds is 2. The van der Waals surface area contributed by atoms with Gasteiger partial charge >= 0.3 is 0 Å². The Morgan fingerprint density at radius 1 is 1.45 bits per heavy atom. The Morgan fingerprint density at radius 2 is 2.18 bits per heavy atom. The minimum Gasteiger partial charge on any atom is -0.497 e. The van der Waals surface area contributed by atoms with Crippen LogP contribution in [0.1, 0.15) is 5.56 Å². The van der Waals surface area contributed by atoms with E-state index in [1.165, 1.54) is 5.56 Å². The summed E-state index contributed by atoms with van der Waals surface area (Å²) in [7, 11) is 1.66. The van der Waals surface area contributed by atoms with Crippen LogP contribution < -0.4 is 4.74 Å². The van der Waals surface area contributed by atoms with Crippen LogP contribution in [0.2, 0.25) is 0 Å². The third-order valence-electron chi connectivity index (χ3n) is 1.40. The van der Waals surface area contributed by atoms with Crippen molar-refractivity contribution in [2.24, 2.45) is 0 Å². The van der Waals surface area contributed by atoms with E-state index in [4.69, 9.17) is 4.74 Å². The van der Waals surface area contributed by atoms with Gasteiger partial charge in [0.05, 0.1) is 7.11 Å². The SMILES string of the molecule is COc1ccc(CBr)c(Br)c1. The number of hydrogen-bond acceptors (Lipinski definition) is 1. The summed E-state index contributed by atoms with van der Waals surface area (Å²) < 4.78 is 6.13. The molecule has 3 heteroatoms. The molecule has 0 N–H and O–H groups in total. The summed E-state index contributed by atoms with van der Waals surface area (Å²) in [6.07, 6.45) is 0. The van der Waals surface area contributed by atoms with Gasteiger partial charge in [0.25, 0.3) is 0 Å². The van der Waals surface area contributed by atoms with Crippen LogP contribution in [0.5, 0.6) is 5.75 Å². The van der Waals surface area contributed by atoms with E-state index in [1.807, 2.05) is 18.2 Å². The van der Waals surface area contributed by atoms with Crippen LogP contribution in [0.3, 0.4) is 0 Å². The highest BCUT2D eigenvalue weighted by Gasteiger charge is 1.98. The first-order valence-electron chi connectivity index (χ1n) is 3.16. The third kappa shape index (κ3) is 2.20. The summed E-state index contributed by atoms with van der Waals surface area (Å²) in [6.45, 7) is 0. The quantitative estimate of drug-likeness (QED) is 0.755. The molecule has 0 aromatic heterocycles. The summed E-state index contributed by atoms with van der Waals surface area (Å²) in [4.78, 5) is 0. The molecule has 0 atom stereocenters. The highest BCUT2D eigenvalue weighted by Crippen LogP contribution is 2.24. The Balaban J connectivity index is 2.99. The molecule has 0 fully saturated rings. The van der Waals surface area contributed by atoms with Crippen molar-refractivity contribution in [1.29, 1.82) is 0 Å². The van der Waals surface area contributed by atoms with E-state index in [2.05, 4.69) is 31.9 Å². The van der Waals surface area contributed by atoms with Crippen molar-refractivity contribution in [1.82, 2.24) is 0 Å². The number of alkyl halides is 1. The van der Waals surface area contributed by atoms with Crippen molar-refractivity contribution in [2.45, 2.75) is 5.33 Å². The number of benzene rings is 1. The molecular formula is C8H8Br2O. The van der Waals surface area contributed by atoms with Gasteiger partial charge < -0.3 is 4.74 Å². The molecule has 0 spiro atoms. The molecule has 1 nitrogen and oxygen atoms in total. The van der Waals surface area contributed by atoms with Crippen molar-refractivity contribution in [3.63, 3.8) is 0 Å². The fraction of sp³-hybridized carbons (Fsp3) is 0.250. The third-order valence-corrected chi connectivity index (χ3v) is 2.75. The molecule has 1 aromatic carbocycles. The fourth-order valence-corrected chi connectivity index (χ4v) is 2.13. The molecule has 60 valence electrons. The second kappa shape index (κ2) is 4.12. The molecule has 1 aromatic rings. The molecule has 0 saturated carbocycles. The number of methoxy groups -OCH3 is 1. The van der Waals surface area contributed by atoms with Crippen LogP contribution in [-0.4, -0.2) is 7.11 Å². The van der Waals surface area contributed by atoms with Gasteiger partial charge in [-0.05, 0) is 17.7 Å². The number of ether oxygens (including phenoxy) is 1. The second-order valence-electron chi connectivity index (χ2n) is 2.09. The average molecular weight is 280 g/mol. The first kappa shape index (κ1) is 9.07. The number of halogens is 2. The normalized spacial score (nSPS) is 9.73. The van der Waals surface area contributed by atoms with E-state index in [1.54, 1.807) is 7.11 Å². The van der Waals surface area contributed by atoms with Gasteiger partial charge in [0.15, 0.2) is 0 Å². The second-order valence-corrected chi connectivity index (χ2v) is 3.51. The monoisotopic (exact) mass is 278 g/mol. The van der Waals surface area contributed by atoms with E-state index in [0.717, 1.165) is 15.6 Å². The highest BCUT2D eigenvalue weighted by molar-refractivity contribution is 9.10. The van der Waals surface area contributed by atoms with Gasteiger partial charge in [0, 0.05) is 9.80 Å². The summed E-state index contributed by atoms with van der Waals surface area (Å²) in [5, 5.41) is 0.859. The molecule has 11 heavy (non-hydrogen) atoms. The minimum absolute atomic E-state index is 0.859. The summed E-state index contributed by atoms with van der Waals surface area (Å²) in [5.41, 5.74) is 1.23. The molecule has 0 aliphatic rings. The molecule has 0 aliphatic heterocycles. The van der Waals surface area contributed by atoms with E-state index in [-0.39, 0.29) is 0 Å². The van der Waals surface area contributed by atoms with Crippen LogP contribution in [0.25, 0.3) is 0 Å². The lowest BCUT2D eigenvalue weighted by molar-refractivity contribution is 0.414. The maximum atomic E-state index is 5.05. The van der Waals surface area contributed by atoms with Gasteiger partial charge in [-0.1, -0.05) is 37.9 Å². The lowest BCUT2D eigenvalue weighted by Crippen LogP contribution is -1.84. The Morgan fingerprint density at radius 3 is 2.64 bits per heavy atom. The van der Waals surface area contributed by atoms with Crippen LogP contribution in [0.15, 0.2) is 22.7 Å². The van der Waals surface area contributed by atoms with E-state index in [0.29, 0.717) is 0 Å². The fourth-order valence-electron chi connectivity index (χ4n) is 0.763. The molecule has 0 saturated heterocycles. The van der Waals surface area contributed by atoms with Crippen molar-refractivity contribution >= 4 is 31.9 Å². The standard InChI is InChI=1S/C8H8Br2O/c1-11-7-3-2-6(5-9)8(10)4-7/h2-4H,5H2,1H3. The first-order chi connectivity index (χ1) is 5.27. The van der Waals surface area contributed by atoms with Crippen LogP contribution in [0.4, 0.5) is 0 Å². The lowest BCUT2D eigenvalue weighted by Gasteiger charge is -2.02. The Labute approximate surface area is 83.0 Å². The van der Waals surface area contributed by atoms with Gasteiger partial charge in [-0.2, -0.15) is 0 Å². The Kier molecular flexibility index (Phi) is 3.40. The Bertz CT molecular complexity index is 248. The van der Waals surface area contributed by atoms with Gasteiger partial charge in [0.2, 0.25) is 0 Å². The molecular weight excluding hydrogens is 272 g/mol. The van der Waals surface area contributed by atoms with Crippen LogP contribution >= 0.6 is 31.9 Å². The van der Waals surface area contributed by atoms with Crippen molar-refractivity contribution in [3.8, 4) is 5.75 Å². The number of hydrogen-bond donors (Lipinski definition) is 0. The van der Waals surface area contributed by atoms with Gasteiger partial charge in [-0.15, -0.1) is 0 Å². The summed E-state index contributed by atoms with van der Waals surface area (Å²) in [6, 6.07) is 5.93. The molecule has 0 radical (unpaired) electrons. The zero-order valence-electron chi connectivity index (χ0n) is 6.10. The van der Waals surface area contributed by atoms with Gasteiger partial charge in [-0.25, -0.2) is 0 Å². The zero-order chi connectivity index (χ0) is 8.27. The molecule has 0 heterocycles. The lowest BCUT2D eigenvalue weighted by atomic mass is 10.2. The average Bonchev–Trinajstić information content (AvgIpc) is 2.04. The van der Waals surface area contributed by atoms with Crippen molar-refractivity contribution in [2.75, 3.05) is 7.11 Å². The van der Waals surface area contributed by atoms with Crippen LogP contribution in [-0.2, 0) is 5.33 Å². The Hall–Kier alpha value is -0.0200. The maximum absolute atomic E-state index is 5.05. The van der Waals surface area contributed by atoms with Crippen molar-refractivity contribution < 1.29 is 4.74 Å². The van der Waals surface area contributed by atoms with Crippen LogP contribution in [0, 0.1) is 0 Å². The maximum Gasteiger partial charge on any atom is 0.120 e. The molecule has 1 rings (SSSR count). The summed E-state index contributed by atoms with van der Waals surface area (Å²) >= 11 is 6.82. The summed E-state index contributed by atoms with van der Waals surface area (Å²) in [5.74, 6) is 0.876. The topological polar surface area (TPSA) is 9.23 Å². The highest BCUT2D eigenvalue weighted by atomic mass is 79.9. The van der Waals surface area contributed by atoms with E-state index < -0.39 is 0 Å². The molecule has 0 unspecified atom stereocenters. The van der Waals surface area contributed by atoms with Gasteiger partial charge in [0.1, 0.15) is 5.75 Å². The molecule has 0 amide bonds. The molecule has 0 bridgehead atoms. The minimum atomic E-state index is 0.859. The largest absolute Gasteiger partial charge is 0.497 e. The zero-order valence-corrected chi connectivity index (χ0v) is 9.28. The molecule has 0 aliphatic carbocycles. The van der Waals surface area contributed by atoms with Crippen molar-refractivity contribution in [3.05, 3.63) is 28.2 Å². The predicted octanol–water partition coefficient (Wildman–Crippen LogP) is 3.35. The van der Waals surface area contributed by atoms with E-state index >= 15 is 0 Å².